The van der Waals surface area contributed by atoms with Crippen molar-refractivity contribution in [3.63, 3.8) is 0 Å². The number of ether oxygens (including phenoxy) is 2. The molecule has 0 radical (unpaired) electrons. The number of carbonyl (C=O) groups is 2. The Balaban J connectivity index is 2.65. The van der Waals surface area contributed by atoms with Crippen LogP contribution in [0.3, 0.4) is 0 Å². The molecule has 1 unspecified atom stereocenters. The Kier molecular flexibility index (Phi) is 7.14. The molecule has 1 N–H and O–H groups in total. The van der Waals surface area contributed by atoms with Gasteiger partial charge in [0.2, 0.25) is 0 Å². The zero-order valence-corrected chi connectivity index (χ0v) is 13.7. The first-order valence-corrected chi connectivity index (χ1v) is 7.78. The van der Waals surface area contributed by atoms with Crippen molar-refractivity contribution < 1.29 is 19.1 Å². The van der Waals surface area contributed by atoms with Crippen LogP contribution in [0.1, 0.15) is 32.9 Å². The largest absolute Gasteiger partial charge is 0.467 e. The second-order valence-corrected chi connectivity index (χ2v) is 5.83. The Bertz CT molecular complexity index is 473. The molecule has 0 spiro atoms. The van der Waals surface area contributed by atoms with E-state index in [-0.39, 0.29) is 18.4 Å². The number of aromatic nitrogens is 1. The van der Waals surface area contributed by atoms with Gasteiger partial charge in [-0.3, -0.25) is 4.79 Å². The molecule has 1 atom stereocenters. The highest BCUT2D eigenvalue weighted by molar-refractivity contribution is 7.13. The Morgan fingerprint density at radius 3 is 2.71 bits per heavy atom. The van der Waals surface area contributed by atoms with Gasteiger partial charge >= 0.3 is 11.9 Å². The van der Waals surface area contributed by atoms with Crippen molar-refractivity contribution in [2.24, 2.45) is 5.92 Å². The van der Waals surface area contributed by atoms with Gasteiger partial charge in [0.15, 0.2) is 5.13 Å². The van der Waals surface area contributed by atoms with Crippen molar-refractivity contribution in [2.75, 3.05) is 19.0 Å². The third-order valence-electron chi connectivity index (χ3n) is 2.67. The van der Waals surface area contributed by atoms with Gasteiger partial charge in [-0.25, -0.2) is 9.78 Å². The van der Waals surface area contributed by atoms with E-state index in [4.69, 9.17) is 9.47 Å². The Labute approximate surface area is 128 Å². The molecule has 1 heterocycles. The number of nitrogens with one attached hydrogen (secondary N) is 1. The Morgan fingerprint density at radius 1 is 1.43 bits per heavy atom. The number of hydrogen-bond donors (Lipinski definition) is 1. The van der Waals surface area contributed by atoms with Crippen LogP contribution < -0.4 is 5.32 Å². The molecule has 118 valence electrons. The molecule has 7 heteroatoms. The minimum Gasteiger partial charge on any atom is -0.467 e. The SMILES string of the molecule is CCOC(=O)Cc1csc(NC(CC(C)C)C(=O)OC)n1. The van der Waals surface area contributed by atoms with Crippen molar-refractivity contribution in [3.05, 3.63) is 11.1 Å². The lowest BCUT2D eigenvalue weighted by atomic mass is 10.0. The highest BCUT2D eigenvalue weighted by atomic mass is 32.1. The summed E-state index contributed by atoms with van der Waals surface area (Å²) in [5.74, 6) is -0.271. The lowest BCUT2D eigenvalue weighted by molar-refractivity contribution is -0.143. The van der Waals surface area contributed by atoms with Crippen LogP contribution in [0.25, 0.3) is 0 Å². The molecule has 0 amide bonds. The van der Waals surface area contributed by atoms with Crippen molar-refractivity contribution in [3.8, 4) is 0 Å². The fraction of sp³-hybridized carbons (Fsp3) is 0.643. The molecule has 0 bridgehead atoms. The second-order valence-electron chi connectivity index (χ2n) is 4.98. The van der Waals surface area contributed by atoms with Gasteiger partial charge in [-0.05, 0) is 19.3 Å². The van der Waals surface area contributed by atoms with Crippen LogP contribution in [0.5, 0.6) is 0 Å². The van der Waals surface area contributed by atoms with E-state index in [0.29, 0.717) is 29.8 Å². The van der Waals surface area contributed by atoms with Crippen LogP contribution in [0.2, 0.25) is 0 Å². The number of anilines is 1. The number of esters is 2. The predicted molar refractivity (Wildman–Crippen MR) is 81.3 cm³/mol. The van der Waals surface area contributed by atoms with Gasteiger partial charge in [-0.1, -0.05) is 13.8 Å². The maximum Gasteiger partial charge on any atom is 0.328 e. The molecule has 0 aliphatic carbocycles. The summed E-state index contributed by atoms with van der Waals surface area (Å²) in [4.78, 5) is 27.4. The van der Waals surface area contributed by atoms with E-state index in [2.05, 4.69) is 10.3 Å². The molecular weight excluding hydrogens is 292 g/mol. The zero-order chi connectivity index (χ0) is 15.8. The third-order valence-corrected chi connectivity index (χ3v) is 3.50. The van der Waals surface area contributed by atoms with Crippen LogP contribution in [0.15, 0.2) is 5.38 Å². The van der Waals surface area contributed by atoms with Gasteiger partial charge in [0, 0.05) is 5.38 Å². The van der Waals surface area contributed by atoms with Gasteiger partial charge in [-0.2, -0.15) is 0 Å². The van der Waals surface area contributed by atoms with Crippen molar-refractivity contribution in [1.82, 2.24) is 4.98 Å². The molecule has 0 fully saturated rings. The van der Waals surface area contributed by atoms with E-state index in [0.717, 1.165) is 0 Å². The van der Waals surface area contributed by atoms with E-state index in [9.17, 15) is 9.59 Å². The smallest absolute Gasteiger partial charge is 0.328 e. The molecule has 1 aromatic rings. The fourth-order valence-corrected chi connectivity index (χ4v) is 2.56. The molecule has 0 aliphatic heterocycles. The summed E-state index contributed by atoms with van der Waals surface area (Å²) >= 11 is 1.36. The van der Waals surface area contributed by atoms with Gasteiger partial charge < -0.3 is 14.8 Å². The van der Waals surface area contributed by atoms with Gasteiger partial charge in [-0.15, -0.1) is 11.3 Å². The van der Waals surface area contributed by atoms with E-state index >= 15 is 0 Å². The molecule has 0 aliphatic rings. The summed E-state index contributed by atoms with van der Waals surface area (Å²) in [6.45, 7) is 6.18. The van der Waals surface area contributed by atoms with Crippen LogP contribution in [-0.4, -0.2) is 36.7 Å². The van der Waals surface area contributed by atoms with Gasteiger partial charge in [0.05, 0.1) is 25.8 Å². The molecular formula is C14H22N2O4S. The van der Waals surface area contributed by atoms with Crippen LogP contribution in [0.4, 0.5) is 5.13 Å². The lowest BCUT2D eigenvalue weighted by Gasteiger charge is -2.17. The third kappa shape index (κ3) is 6.12. The minimum atomic E-state index is -0.434. The van der Waals surface area contributed by atoms with Crippen molar-refractivity contribution in [2.45, 2.75) is 39.7 Å². The second kappa shape index (κ2) is 8.61. The van der Waals surface area contributed by atoms with E-state index in [1.807, 2.05) is 13.8 Å². The summed E-state index contributed by atoms with van der Waals surface area (Å²) in [5.41, 5.74) is 0.633. The van der Waals surface area contributed by atoms with Crippen LogP contribution in [-0.2, 0) is 25.5 Å². The van der Waals surface area contributed by atoms with Crippen molar-refractivity contribution in [1.29, 1.82) is 0 Å². The normalized spacial score (nSPS) is 12.0. The van der Waals surface area contributed by atoms with Gasteiger partial charge in [0.1, 0.15) is 6.04 Å². The highest BCUT2D eigenvalue weighted by Crippen LogP contribution is 2.19. The molecule has 0 saturated heterocycles. The maximum atomic E-state index is 11.7. The summed E-state index contributed by atoms with van der Waals surface area (Å²) in [5, 5.41) is 5.45. The molecule has 1 aromatic heterocycles. The minimum absolute atomic E-state index is 0.138. The quantitative estimate of drug-likeness (QED) is 0.742. The number of methoxy groups -OCH3 is 1. The van der Waals surface area contributed by atoms with Crippen LogP contribution >= 0.6 is 11.3 Å². The molecule has 21 heavy (non-hydrogen) atoms. The van der Waals surface area contributed by atoms with Crippen LogP contribution in [0, 0.1) is 5.92 Å². The standard InChI is InChI=1S/C14H22N2O4S/c1-5-20-12(17)7-10-8-21-14(15-10)16-11(6-9(2)3)13(18)19-4/h8-9,11H,5-7H2,1-4H3,(H,15,16). The topological polar surface area (TPSA) is 77.5 Å². The average Bonchev–Trinajstić information content (AvgIpc) is 2.84. The molecule has 1 rings (SSSR count). The summed E-state index contributed by atoms with van der Waals surface area (Å²) in [7, 11) is 1.37. The zero-order valence-electron chi connectivity index (χ0n) is 12.8. The number of thiazole rings is 1. The highest BCUT2D eigenvalue weighted by Gasteiger charge is 2.21. The monoisotopic (exact) mass is 314 g/mol. The first kappa shape index (κ1) is 17.4. The van der Waals surface area contributed by atoms with Crippen molar-refractivity contribution >= 4 is 28.4 Å². The molecule has 6 nitrogen and oxygen atoms in total. The first-order valence-electron chi connectivity index (χ1n) is 6.90. The maximum absolute atomic E-state index is 11.7. The average molecular weight is 314 g/mol. The van der Waals surface area contributed by atoms with E-state index < -0.39 is 6.04 Å². The summed E-state index contributed by atoms with van der Waals surface area (Å²) in [6.07, 6.45) is 0.790. The van der Waals surface area contributed by atoms with E-state index in [1.54, 1.807) is 12.3 Å². The molecule has 0 aromatic carbocycles. The summed E-state index contributed by atoms with van der Waals surface area (Å²) in [6, 6.07) is -0.434. The number of rotatable bonds is 8. The fourth-order valence-electron chi connectivity index (χ4n) is 1.79. The predicted octanol–water partition coefficient (Wildman–Crippen LogP) is 2.25. The number of nitrogens with zero attached hydrogens (tertiary/aromatic N) is 1. The summed E-state index contributed by atoms with van der Waals surface area (Å²) < 4.78 is 9.67. The first-order chi connectivity index (χ1) is 9.96. The molecule has 0 saturated carbocycles. The van der Waals surface area contributed by atoms with Gasteiger partial charge in [0.25, 0.3) is 0 Å². The van der Waals surface area contributed by atoms with E-state index in [1.165, 1.54) is 18.4 Å². The lowest BCUT2D eigenvalue weighted by Crippen LogP contribution is -2.32. The Hall–Kier alpha value is -1.63. The number of hydrogen-bond acceptors (Lipinski definition) is 7. The Morgan fingerprint density at radius 2 is 2.14 bits per heavy atom. The number of carbonyl (C=O) groups excluding carboxylic acids is 2.